The Morgan fingerprint density at radius 3 is 2.55 bits per heavy atom. The summed E-state index contributed by atoms with van der Waals surface area (Å²) in [7, 11) is 3.10. The highest BCUT2D eigenvalue weighted by Gasteiger charge is 2.17. The third-order valence-corrected chi connectivity index (χ3v) is 6.05. The number of carbonyl (C=O) groups is 1. The Morgan fingerprint density at radius 1 is 0.970 bits per heavy atom. The third kappa shape index (κ3) is 3.98. The molecule has 0 radical (unpaired) electrons. The lowest BCUT2D eigenvalue weighted by atomic mass is 10.1. The van der Waals surface area contributed by atoms with Crippen molar-refractivity contribution in [1.82, 2.24) is 24.6 Å². The van der Waals surface area contributed by atoms with E-state index in [0.717, 1.165) is 16.5 Å². The first kappa shape index (κ1) is 20.9. The zero-order valence-electron chi connectivity index (χ0n) is 17.9. The molecule has 5 aromatic rings. The Labute approximate surface area is 193 Å². The first-order valence-electron chi connectivity index (χ1n) is 10.1. The molecule has 0 N–H and O–H groups in total. The van der Waals surface area contributed by atoms with Gasteiger partial charge >= 0.3 is 0 Å². The Kier molecular flexibility index (Phi) is 5.62. The minimum absolute atomic E-state index is 0.0569. The number of ketones is 1. The largest absolute Gasteiger partial charge is 0.493 e. The van der Waals surface area contributed by atoms with Crippen molar-refractivity contribution in [1.29, 1.82) is 0 Å². The van der Waals surface area contributed by atoms with Crippen molar-refractivity contribution in [3.63, 3.8) is 0 Å². The summed E-state index contributed by atoms with van der Waals surface area (Å²) < 4.78 is 12.3. The van der Waals surface area contributed by atoms with Crippen molar-refractivity contribution in [2.75, 3.05) is 20.0 Å². The summed E-state index contributed by atoms with van der Waals surface area (Å²) in [6, 6.07) is 16.6. The van der Waals surface area contributed by atoms with E-state index in [0.29, 0.717) is 33.7 Å². The van der Waals surface area contributed by atoms with Crippen LogP contribution in [0.5, 0.6) is 11.5 Å². The summed E-state index contributed by atoms with van der Waals surface area (Å²) in [6.07, 6.45) is 3.41. The number of rotatable bonds is 7. The van der Waals surface area contributed by atoms with Crippen molar-refractivity contribution in [2.45, 2.75) is 5.16 Å². The molecule has 9 heteroatoms. The van der Waals surface area contributed by atoms with Crippen LogP contribution in [0, 0.1) is 0 Å². The average Bonchev–Trinajstić information content (AvgIpc) is 3.33. The number of hydrogen-bond acceptors (Lipinski definition) is 8. The van der Waals surface area contributed by atoms with Crippen LogP contribution in [0.2, 0.25) is 0 Å². The molecular weight excluding hydrogens is 438 g/mol. The van der Waals surface area contributed by atoms with Gasteiger partial charge < -0.3 is 9.47 Å². The molecule has 3 aromatic heterocycles. The molecule has 0 fully saturated rings. The van der Waals surface area contributed by atoms with Gasteiger partial charge in [0.15, 0.2) is 33.9 Å². The zero-order valence-corrected chi connectivity index (χ0v) is 18.7. The summed E-state index contributed by atoms with van der Waals surface area (Å²) in [5, 5.41) is 6.16. The maximum atomic E-state index is 12.9. The smallest absolute Gasteiger partial charge is 0.192 e. The minimum atomic E-state index is -0.0569. The summed E-state index contributed by atoms with van der Waals surface area (Å²) in [5.41, 5.74) is 2.87. The molecule has 0 aliphatic heterocycles. The second-order valence-corrected chi connectivity index (χ2v) is 8.04. The second kappa shape index (κ2) is 8.87. The van der Waals surface area contributed by atoms with E-state index < -0.39 is 0 Å². The normalized spacial score (nSPS) is 11.1. The Bertz CT molecular complexity index is 1470. The number of fused-ring (bicyclic) bond motifs is 3. The quantitative estimate of drug-likeness (QED) is 0.203. The molecule has 0 atom stereocenters. The topological polar surface area (TPSA) is 91.5 Å². The monoisotopic (exact) mass is 457 g/mol. The van der Waals surface area contributed by atoms with E-state index in [1.165, 1.54) is 11.8 Å². The van der Waals surface area contributed by atoms with E-state index >= 15 is 0 Å². The summed E-state index contributed by atoms with van der Waals surface area (Å²) >= 11 is 1.32. The SMILES string of the molecule is COc1ccc(C(=O)CSc2nc3ccccc3c3nc(-c4ccncc4)nn23)cc1OC. The molecular formula is C24H19N5O3S. The molecule has 0 aliphatic carbocycles. The minimum Gasteiger partial charge on any atom is -0.493 e. The standard InChI is InChI=1S/C24H19N5O3S/c1-31-20-8-7-16(13-21(20)32-2)19(30)14-33-24-26-18-6-4-3-5-17(18)23-27-22(28-29(23)24)15-9-11-25-12-10-15/h3-13H,14H2,1-2H3. The Hall–Kier alpha value is -3.98. The van der Waals surface area contributed by atoms with Gasteiger partial charge in [-0.2, -0.15) is 4.52 Å². The number of Topliss-reactive ketones (excluding diaryl/α,β-unsaturated/α-hetero) is 1. The number of thioether (sulfide) groups is 1. The predicted molar refractivity (Wildman–Crippen MR) is 126 cm³/mol. The van der Waals surface area contributed by atoms with Crippen LogP contribution in [0.1, 0.15) is 10.4 Å². The van der Waals surface area contributed by atoms with Gasteiger partial charge in [-0.05, 0) is 42.5 Å². The molecule has 8 nitrogen and oxygen atoms in total. The lowest BCUT2D eigenvalue weighted by Crippen LogP contribution is -2.06. The van der Waals surface area contributed by atoms with E-state index in [1.54, 1.807) is 49.3 Å². The van der Waals surface area contributed by atoms with Crippen molar-refractivity contribution < 1.29 is 14.3 Å². The van der Waals surface area contributed by atoms with Crippen LogP contribution in [-0.4, -0.2) is 50.3 Å². The first-order valence-corrected chi connectivity index (χ1v) is 11.1. The lowest BCUT2D eigenvalue weighted by Gasteiger charge is -2.09. The summed E-state index contributed by atoms with van der Waals surface area (Å²) in [4.78, 5) is 26.5. The van der Waals surface area contributed by atoms with Gasteiger partial charge in [0, 0.05) is 28.9 Å². The third-order valence-electron chi connectivity index (χ3n) is 5.13. The fraction of sp³-hybridized carbons (Fsp3) is 0.125. The molecule has 0 spiro atoms. The number of pyridine rings is 1. The Balaban J connectivity index is 1.51. The van der Waals surface area contributed by atoms with Crippen LogP contribution in [0.3, 0.4) is 0 Å². The first-order chi connectivity index (χ1) is 16.2. The molecule has 33 heavy (non-hydrogen) atoms. The number of ether oxygens (including phenoxy) is 2. The number of nitrogens with zero attached hydrogens (tertiary/aromatic N) is 5. The number of hydrogen-bond donors (Lipinski definition) is 0. The fourth-order valence-corrected chi connectivity index (χ4v) is 4.31. The second-order valence-electron chi connectivity index (χ2n) is 7.10. The van der Waals surface area contributed by atoms with Gasteiger partial charge in [0.2, 0.25) is 0 Å². The zero-order chi connectivity index (χ0) is 22.8. The van der Waals surface area contributed by atoms with Crippen molar-refractivity contribution in [3.05, 3.63) is 72.6 Å². The summed E-state index contributed by atoms with van der Waals surface area (Å²) in [5.74, 6) is 1.78. The summed E-state index contributed by atoms with van der Waals surface area (Å²) in [6.45, 7) is 0. The van der Waals surface area contributed by atoms with Gasteiger partial charge in [-0.1, -0.05) is 23.9 Å². The molecule has 0 unspecified atom stereocenters. The van der Waals surface area contributed by atoms with Gasteiger partial charge in [-0.15, -0.1) is 5.10 Å². The van der Waals surface area contributed by atoms with Gasteiger partial charge in [-0.25, -0.2) is 9.97 Å². The fourth-order valence-electron chi connectivity index (χ4n) is 3.47. The number of methoxy groups -OCH3 is 2. The highest BCUT2D eigenvalue weighted by Crippen LogP contribution is 2.30. The molecule has 0 bridgehead atoms. The van der Waals surface area contributed by atoms with Crippen LogP contribution in [0.4, 0.5) is 0 Å². The highest BCUT2D eigenvalue weighted by atomic mass is 32.2. The maximum absolute atomic E-state index is 12.9. The maximum Gasteiger partial charge on any atom is 0.192 e. The number of para-hydroxylation sites is 1. The molecule has 2 aromatic carbocycles. The Morgan fingerprint density at radius 2 is 1.76 bits per heavy atom. The van der Waals surface area contributed by atoms with Crippen LogP contribution >= 0.6 is 11.8 Å². The van der Waals surface area contributed by atoms with Crippen LogP contribution in [0.25, 0.3) is 27.9 Å². The van der Waals surface area contributed by atoms with E-state index in [1.807, 2.05) is 36.4 Å². The number of aromatic nitrogens is 5. The molecule has 0 saturated carbocycles. The van der Waals surface area contributed by atoms with E-state index in [-0.39, 0.29) is 11.5 Å². The van der Waals surface area contributed by atoms with Gasteiger partial charge in [-0.3, -0.25) is 9.78 Å². The van der Waals surface area contributed by atoms with Crippen LogP contribution < -0.4 is 9.47 Å². The molecule has 0 aliphatic rings. The van der Waals surface area contributed by atoms with Crippen molar-refractivity contribution in [2.24, 2.45) is 0 Å². The molecule has 164 valence electrons. The van der Waals surface area contributed by atoms with Gasteiger partial charge in [0.05, 0.1) is 25.5 Å². The van der Waals surface area contributed by atoms with Gasteiger partial charge in [0.1, 0.15) is 0 Å². The van der Waals surface area contributed by atoms with E-state index in [2.05, 4.69) is 10.1 Å². The predicted octanol–water partition coefficient (Wildman–Crippen LogP) is 4.33. The molecule has 0 amide bonds. The molecule has 0 saturated heterocycles. The molecule has 5 rings (SSSR count). The number of carbonyl (C=O) groups excluding carboxylic acids is 1. The van der Waals surface area contributed by atoms with E-state index in [4.69, 9.17) is 19.4 Å². The molecule has 3 heterocycles. The van der Waals surface area contributed by atoms with Crippen LogP contribution in [-0.2, 0) is 0 Å². The lowest BCUT2D eigenvalue weighted by molar-refractivity contribution is 0.102. The number of benzene rings is 2. The van der Waals surface area contributed by atoms with Crippen molar-refractivity contribution in [3.8, 4) is 22.9 Å². The average molecular weight is 458 g/mol. The highest BCUT2D eigenvalue weighted by molar-refractivity contribution is 7.99. The van der Waals surface area contributed by atoms with Crippen LogP contribution in [0.15, 0.2) is 72.1 Å². The van der Waals surface area contributed by atoms with E-state index in [9.17, 15) is 4.79 Å². The van der Waals surface area contributed by atoms with Gasteiger partial charge in [0.25, 0.3) is 0 Å². The van der Waals surface area contributed by atoms with Crippen molar-refractivity contribution >= 4 is 34.1 Å².